The number of para-hydroxylation sites is 1. The Bertz CT molecular complexity index is 1350. The first kappa shape index (κ1) is 25.1. The standard InChI is InChI=1S/C30H34NO3P/c1-20(32)35(34,21(2)33)19-22-12-17-28-26(18-22)30(6,7)25-10-8-9-11-27(25)31(28)24-15-13-23(14-16-24)29(3,4)5/h8-18H,19H2,1-7H3. The predicted molar refractivity (Wildman–Crippen MR) is 145 cm³/mol. The molecule has 35 heavy (non-hydrogen) atoms. The highest BCUT2D eigenvalue weighted by Crippen LogP contribution is 2.54. The van der Waals surface area contributed by atoms with E-state index in [1.807, 2.05) is 18.2 Å². The molecular formula is C30H34NO3P. The fourth-order valence-electron chi connectivity index (χ4n) is 4.94. The SMILES string of the molecule is CC(=O)P(=O)(Cc1ccc2c(c1)C(C)(C)c1ccccc1N2c1ccc(C(C)(C)C)cc1)C(C)=O. The molecule has 0 fully saturated rings. The second-order valence-electron chi connectivity index (χ2n) is 11.1. The second-order valence-corrected chi connectivity index (χ2v) is 14.1. The van der Waals surface area contributed by atoms with Crippen LogP contribution in [0.1, 0.15) is 70.7 Å². The zero-order chi connectivity index (χ0) is 25.8. The summed E-state index contributed by atoms with van der Waals surface area (Å²) in [5.74, 6) is 0. The second kappa shape index (κ2) is 8.60. The van der Waals surface area contributed by atoms with E-state index < -0.39 is 18.2 Å². The molecule has 0 amide bonds. The topological polar surface area (TPSA) is 54.5 Å². The maximum atomic E-state index is 13.2. The van der Waals surface area contributed by atoms with Gasteiger partial charge in [0.2, 0.25) is 7.14 Å². The van der Waals surface area contributed by atoms with Gasteiger partial charge in [-0.2, -0.15) is 0 Å². The summed E-state index contributed by atoms with van der Waals surface area (Å²) < 4.78 is 13.2. The highest BCUT2D eigenvalue weighted by Gasteiger charge is 2.38. The summed E-state index contributed by atoms with van der Waals surface area (Å²) in [6, 6.07) is 23.0. The Morgan fingerprint density at radius 1 is 0.829 bits per heavy atom. The number of anilines is 3. The minimum absolute atomic E-state index is 0.0387. The van der Waals surface area contributed by atoms with Crippen molar-refractivity contribution in [2.24, 2.45) is 0 Å². The van der Waals surface area contributed by atoms with Gasteiger partial charge in [-0.25, -0.2) is 0 Å². The Labute approximate surface area is 208 Å². The van der Waals surface area contributed by atoms with Crippen LogP contribution in [-0.4, -0.2) is 11.0 Å². The first-order valence-electron chi connectivity index (χ1n) is 12.0. The number of nitrogens with zero attached hydrogens (tertiary/aromatic N) is 1. The number of carbonyl (C=O) groups excluding carboxylic acids is 2. The van der Waals surface area contributed by atoms with Crippen LogP contribution >= 0.6 is 7.14 Å². The van der Waals surface area contributed by atoms with Crippen molar-refractivity contribution in [3.63, 3.8) is 0 Å². The average Bonchev–Trinajstić information content (AvgIpc) is 2.79. The van der Waals surface area contributed by atoms with Gasteiger partial charge in [-0.05, 0) is 51.9 Å². The zero-order valence-electron chi connectivity index (χ0n) is 21.7. The molecule has 3 aromatic carbocycles. The summed E-state index contributed by atoms with van der Waals surface area (Å²) >= 11 is 0. The van der Waals surface area contributed by atoms with Gasteiger partial charge in [-0.1, -0.05) is 77.1 Å². The van der Waals surface area contributed by atoms with Crippen molar-refractivity contribution in [1.29, 1.82) is 0 Å². The van der Waals surface area contributed by atoms with E-state index >= 15 is 0 Å². The van der Waals surface area contributed by atoms with E-state index in [9.17, 15) is 14.2 Å². The Balaban J connectivity index is 1.89. The number of benzene rings is 3. The third-order valence-corrected chi connectivity index (χ3v) is 10.1. The highest BCUT2D eigenvalue weighted by atomic mass is 31.2. The lowest BCUT2D eigenvalue weighted by molar-refractivity contribution is -0.113. The van der Waals surface area contributed by atoms with Gasteiger partial charge < -0.3 is 9.46 Å². The van der Waals surface area contributed by atoms with E-state index in [1.165, 1.54) is 25.0 Å². The number of carbonyl (C=O) groups is 2. The Kier molecular flexibility index (Phi) is 6.18. The fraction of sp³-hybridized carbons (Fsp3) is 0.333. The van der Waals surface area contributed by atoms with Gasteiger partial charge in [0.1, 0.15) is 0 Å². The van der Waals surface area contributed by atoms with Gasteiger partial charge in [0, 0.05) is 31.1 Å². The normalized spacial score (nSPS) is 14.8. The Morgan fingerprint density at radius 2 is 1.40 bits per heavy atom. The molecule has 0 saturated heterocycles. The molecule has 0 radical (unpaired) electrons. The molecule has 0 unspecified atom stereocenters. The van der Waals surface area contributed by atoms with Crippen LogP contribution in [0.4, 0.5) is 17.1 Å². The molecule has 1 heterocycles. The Hall–Kier alpha value is -2.97. The van der Waals surface area contributed by atoms with Gasteiger partial charge >= 0.3 is 0 Å². The average molecular weight is 488 g/mol. The lowest BCUT2D eigenvalue weighted by atomic mass is 9.73. The summed E-state index contributed by atoms with van der Waals surface area (Å²) in [5.41, 5.74) is 6.18. The number of hydrogen-bond acceptors (Lipinski definition) is 4. The van der Waals surface area contributed by atoms with E-state index in [4.69, 9.17) is 0 Å². The molecule has 5 heteroatoms. The molecule has 0 atom stereocenters. The van der Waals surface area contributed by atoms with Gasteiger partial charge in [-0.15, -0.1) is 0 Å². The van der Waals surface area contributed by atoms with Crippen LogP contribution < -0.4 is 4.90 Å². The first-order chi connectivity index (χ1) is 16.3. The van der Waals surface area contributed by atoms with Crippen LogP contribution in [0.3, 0.4) is 0 Å². The predicted octanol–water partition coefficient (Wildman–Crippen LogP) is 8.05. The monoisotopic (exact) mass is 487 g/mol. The van der Waals surface area contributed by atoms with E-state index in [-0.39, 0.29) is 17.0 Å². The molecule has 4 rings (SSSR count). The summed E-state index contributed by atoms with van der Waals surface area (Å²) in [7, 11) is -3.62. The Morgan fingerprint density at radius 3 is 1.97 bits per heavy atom. The molecule has 182 valence electrons. The van der Waals surface area contributed by atoms with Crippen molar-refractivity contribution in [3.05, 3.63) is 89.0 Å². The molecule has 0 saturated carbocycles. The molecule has 0 N–H and O–H groups in total. The molecule has 0 aromatic heterocycles. The number of rotatable bonds is 5. The highest BCUT2D eigenvalue weighted by molar-refractivity contribution is 7.93. The minimum Gasteiger partial charge on any atom is -0.310 e. The molecule has 0 spiro atoms. The lowest BCUT2D eigenvalue weighted by Crippen LogP contribution is -2.30. The van der Waals surface area contributed by atoms with E-state index in [2.05, 4.69) is 88.0 Å². The maximum absolute atomic E-state index is 13.2. The van der Waals surface area contributed by atoms with Gasteiger partial charge in [0.05, 0.1) is 11.4 Å². The van der Waals surface area contributed by atoms with Crippen LogP contribution in [0.5, 0.6) is 0 Å². The van der Waals surface area contributed by atoms with Gasteiger partial charge in [0.25, 0.3) is 0 Å². The first-order valence-corrected chi connectivity index (χ1v) is 13.9. The molecule has 0 bridgehead atoms. The summed E-state index contributed by atoms with van der Waals surface area (Å²) in [6.07, 6.45) is -0.0387. The van der Waals surface area contributed by atoms with Crippen molar-refractivity contribution >= 4 is 35.3 Å². The van der Waals surface area contributed by atoms with Gasteiger partial charge in [-0.3, -0.25) is 9.59 Å². The van der Waals surface area contributed by atoms with Crippen LogP contribution in [0.2, 0.25) is 0 Å². The zero-order valence-corrected chi connectivity index (χ0v) is 22.6. The smallest absolute Gasteiger partial charge is 0.214 e. The van der Waals surface area contributed by atoms with Crippen LogP contribution in [0.25, 0.3) is 0 Å². The third-order valence-electron chi connectivity index (χ3n) is 7.21. The summed E-state index contributed by atoms with van der Waals surface area (Å²) in [4.78, 5) is 26.5. The van der Waals surface area contributed by atoms with Crippen LogP contribution in [0, 0.1) is 0 Å². The third kappa shape index (κ3) is 4.29. The molecule has 3 aromatic rings. The summed E-state index contributed by atoms with van der Waals surface area (Å²) in [6.45, 7) is 13.5. The largest absolute Gasteiger partial charge is 0.310 e. The van der Waals surface area contributed by atoms with Crippen molar-refractivity contribution in [3.8, 4) is 0 Å². The fourth-order valence-corrected chi connectivity index (χ4v) is 6.54. The van der Waals surface area contributed by atoms with Crippen molar-refractivity contribution in [2.45, 2.75) is 65.5 Å². The van der Waals surface area contributed by atoms with Gasteiger partial charge in [0.15, 0.2) is 11.0 Å². The molecule has 0 aliphatic carbocycles. The molecule has 1 aliphatic heterocycles. The maximum Gasteiger partial charge on any atom is 0.214 e. The number of fused-ring (bicyclic) bond motifs is 2. The lowest BCUT2D eigenvalue weighted by Gasteiger charge is -2.42. The number of hydrogen-bond donors (Lipinski definition) is 0. The molecular weight excluding hydrogens is 453 g/mol. The van der Waals surface area contributed by atoms with Crippen molar-refractivity contribution in [1.82, 2.24) is 0 Å². The van der Waals surface area contributed by atoms with E-state index in [0.717, 1.165) is 28.2 Å². The summed E-state index contributed by atoms with van der Waals surface area (Å²) in [5, 5.41) is 0. The van der Waals surface area contributed by atoms with Crippen molar-refractivity contribution < 1.29 is 14.2 Å². The molecule has 4 nitrogen and oxygen atoms in total. The van der Waals surface area contributed by atoms with E-state index in [0.29, 0.717) is 0 Å². The minimum atomic E-state index is -3.62. The molecule has 1 aliphatic rings. The van der Waals surface area contributed by atoms with E-state index in [1.54, 1.807) is 0 Å². The van der Waals surface area contributed by atoms with Crippen LogP contribution in [-0.2, 0) is 31.1 Å². The van der Waals surface area contributed by atoms with Crippen molar-refractivity contribution in [2.75, 3.05) is 4.90 Å². The quantitative estimate of drug-likeness (QED) is 0.342. The van der Waals surface area contributed by atoms with Crippen LogP contribution in [0.15, 0.2) is 66.7 Å².